The van der Waals surface area contributed by atoms with Crippen molar-refractivity contribution in [1.82, 2.24) is 5.32 Å². The van der Waals surface area contributed by atoms with Crippen LogP contribution in [-0.4, -0.2) is 31.4 Å². The Morgan fingerprint density at radius 2 is 2.10 bits per heavy atom. The molecule has 0 saturated heterocycles. The van der Waals surface area contributed by atoms with Crippen LogP contribution in [0.3, 0.4) is 0 Å². The summed E-state index contributed by atoms with van der Waals surface area (Å²) in [6.07, 6.45) is 0. The predicted octanol–water partition coefficient (Wildman–Crippen LogP) is 2.87. The normalized spacial score (nSPS) is 10.3. The third-order valence-electron chi connectivity index (χ3n) is 2.57. The summed E-state index contributed by atoms with van der Waals surface area (Å²) in [7, 11) is 1.38. The molecule has 0 radical (unpaired) electrons. The van der Waals surface area contributed by atoms with Gasteiger partial charge in [0.25, 0.3) is 0 Å². The van der Waals surface area contributed by atoms with E-state index in [2.05, 4.69) is 15.4 Å². The molecule has 5 nitrogen and oxygen atoms in total. The maximum Gasteiger partial charge on any atom is 0.319 e. The van der Waals surface area contributed by atoms with Gasteiger partial charge in [-0.15, -0.1) is 11.8 Å². The largest absolute Gasteiger partial charge is 0.468 e. The summed E-state index contributed by atoms with van der Waals surface area (Å²) in [6, 6.07) is 7.37. The number of ether oxygens (including phenoxy) is 1. The molecule has 0 saturated carbocycles. The first-order valence-electron chi connectivity index (χ1n) is 6.79. The number of thioether (sulfide) groups is 1. The van der Waals surface area contributed by atoms with E-state index in [1.54, 1.807) is 0 Å². The number of carbonyl (C=O) groups excluding carboxylic acids is 2. The first-order chi connectivity index (χ1) is 10.0. The van der Waals surface area contributed by atoms with Crippen molar-refractivity contribution in [3.63, 3.8) is 0 Å². The van der Waals surface area contributed by atoms with Gasteiger partial charge in [0.15, 0.2) is 0 Å². The van der Waals surface area contributed by atoms with E-state index >= 15 is 0 Å². The molecule has 0 aliphatic carbocycles. The molecule has 1 aromatic carbocycles. The fraction of sp³-hybridized carbons (Fsp3) is 0.467. The minimum Gasteiger partial charge on any atom is -0.468 e. The van der Waals surface area contributed by atoms with Gasteiger partial charge in [0.2, 0.25) is 0 Å². The van der Waals surface area contributed by atoms with Gasteiger partial charge in [-0.3, -0.25) is 4.79 Å². The molecule has 2 amide bonds. The number of nitrogens with one attached hydrogen (secondary N) is 2. The zero-order chi connectivity index (χ0) is 15.7. The lowest BCUT2D eigenvalue weighted by atomic mass is 10.2. The Hall–Kier alpha value is -1.69. The van der Waals surface area contributed by atoms with E-state index in [0.717, 1.165) is 11.3 Å². The summed E-state index contributed by atoms with van der Waals surface area (Å²) in [5, 5.41) is 5.60. The topological polar surface area (TPSA) is 67.4 Å². The van der Waals surface area contributed by atoms with Crippen molar-refractivity contribution < 1.29 is 14.3 Å². The van der Waals surface area contributed by atoms with Crippen molar-refractivity contribution in [3.8, 4) is 0 Å². The molecule has 1 rings (SSSR count). The van der Waals surface area contributed by atoms with Crippen molar-refractivity contribution in [1.29, 1.82) is 0 Å². The van der Waals surface area contributed by atoms with Crippen LogP contribution in [0.5, 0.6) is 0 Å². The molecule has 0 fully saturated rings. The SMILES string of the molecule is COC(=O)CSCc1cccc(NC(=O)NCC(C)C)c1. The molecule has 6 heteroatoms. The molecule has 0 heterocycles. The predicted molar refractivity (Wildman–Crippen MR) is 86.5 cm³/mol. The molecule has 116 valence electrons. The quantitative estimate of drug-likeness (QED) is 0.760. The van der Waals surface area contributed by atoms with Crippen LogP contribution in [-0.2, 0) is 15.3 Å². The van der Waals surface area contributed by atoms with E-state index in [-0.39, 0.29) is 12.0 Å². The number of amides is 2. The second-order valence-corrected chi connectivity index (χ2v) is 5.98. The van der Waals surface area contributed by atoms with Gasteiger partial charge in [0.05, 0.1) is 12.9 Å². The first-order valence-corrected chi connectivity index (χ1v) is 7.95. The number of hydrogen-bond donors (Lipinski definition) is 2. The van der Waals surface area contributed by atoms with Crippen molar-refractivity contribution in [2.75, 3.05) is 24.7 Å². The lowest BCUT2D eigenvalue weighted by Gasteiger charge is -2.10. The molecule has 0 aliphatic heterocycles. The van der Waals surface area contributed by atoms with Gasteiger partial charge in [-0.25, -0.2) is 4.79 Å². The molecular formula is C15H22N2O3S. The van der Waals surface area contributed by atoms with Crippen LogP contribution in [0.4, 0.5) is 10.5 Å². The van der Waals surface area contributed by atoms with E-state index in [4.69, 9.17) is 0 Å². The summed E-state index contributed by atoms with van der Waals surface area (Å²) in [6.45, 7) is 4.72. The van der Waals surface area contributed by atoms with Gasteiger partial charge in [-0.2, -0.15) is 0 Å². The molecule has 0 unspecified atom stereocenters. The van der Waals surface area contributed by atoms with Crippen LogP contribution in [0.15, 0.2) is 24.3 Å². The molecule has 21 heavy (non-hydrogen) atoms. The molecule has 0 bridgehead atoms. The highest BCUT2D eigenvalue weighted by atomic mass is 32.2. The minimum absolute atomic E-state index is 0.205. The Labute approximate surface area is 129 Å². The fourth-order valence-corrected chi connectivity index (χ4v) is 2.32. The molecule has 0 aromatic heterocycles. The maximum atomic E-state index is 11.7. The van der Waals surface area contributed by atoms with Crippen LogP contribution < -0.4 is 10.6 Å². The number of carbonyl (C=O) groups is 2. The molecule has 1 aromatic rings. The van der Waals surface area contributed by atoms with E-state index in [0.29, 0.717) is 24.0 Å². The molecular weight excluding hydrogens is 288 g/mol. The zero-order valence-corrected chi connectivity index (χ0v) is 13.5. The van der Waals surface area contributed by atoms with Crippen LogP contribution in [0.2, 0.25) is 0 Å². The standard InChI is InChI=1S/C15H22N2O3S/c1-11(2)8-16-15(19)17-13-6-4-5-12(7-13)9-21-10-14(18)20-3/h4-7,11H,8-10H2,1-3H3,(H2,16,17,19). The van der Waals surface area contributed by atoms with Gasteiger partial charge in [-0.05, 0) is 23.6 Å². The van der Waals surface area contributed by atoms with E-state index in [1.807, 2.05) is 38.1 Å². The van der Waals surface area contributed by atoms with Crippen molar-refractivity contribution >= 4 is 29.4 Å². The summed E-state index contributed by atoms with van der Waals surface area (Å²) >= 11 is 1.48. The first kappa shape index (κ1) is 17.4. The van der Waals surface area contributed by atoms with Gasteiger partial charge in [0, 0.05) is 18.0 Å². The van der Waals surface area contributed by atoms with Gasteiger partial charge < -0.3 is 15.4 Å². The fourth-order valence-electron chi connectivity index (χ4n) is 1.52. The molecule has 0 atom stereocenters. The lowest BCUT2D eigenvalue weighted by Crippen LogP contribution is -2.31. The van der Waals surface area contributed by atoms with Gasteiger partial charge in [-0.1, -0.05) is 26.0 Å². The number of esters is 1. The Bertz CT molecular complexity index is 478. The van der Waals surface area contributed by atoms with Gasteiger partial charge in [0.1, 0.15) is 0 Å². The Morgan fingerprint density at radius 1 is 1.33 bits per heavy atom. The number of anilines is 1. The smallest absolute Gasteiger partial charge is 0.319 e. The second-order valence-electron chi connectivity index (χ2n) is 5.00. The number of rotatable bonds is 7. The third-order valence-corrected chi connectivity index (χ3v) is 3.55. The number of benzene rings is 1. The monoisotopic (exact) mass is 310 g/mol. The minimum atomic E-state index is -0.234. The summed E-state index contributed by atoms with van der Waals surface area (Å²) in [5.74, 6) is 1.19. The molecule has 0 aliphatic rings. The lowest BCUT2D eigenvalue weighted by molar-refractivity contribution is -0.137. The van der Waals surface area contributed by atoms with E-state index in [9.17, 15) is 9.59 Å². The van der Waals surface area contributed by atoms with Crippen LogP contribution in [0.1, 0.15) is 19.4 Å². The highest BCUT2D eigenvalue weighted by molar-refractivity contribution is 7.99. The maximum absolute atomic E-state index is 11.7. The van der Waals surface area contributed by atoms with Crippen LogP contribution >= 0.6 is 11.8 Å². The number of methoxy groups -OCH3 is 1. The average molecular weight is 310 g/mol. The van der Waals surface area contributed by atoms with Crippen molar-refractivity contribution in [3.05, 3.63) is 29.8 Å². The summed E-state index contributed by atoms with van der Waals surface area (Å²) in [4.78, 5) is 22.7. The Balaban J connectivity index is 2.44. The van der Waals surface area contributed by atoms with E-state index in [1.165, 1.54) is 18.9 Å². The van der Waals surface area contributed by atoms with Crippen LogP contribution in [0.25, 0.3) is 0 Å². The molecule has 0 spiro atoms. The summed E-state index contributed by atoms with van der Waals surface area (Å²) < 4.78 is 4.59. The number of hydrogen-bond acceptors (Lipinski definition) is 4. The highest BCUT2D eigenvalue weighted by Gasteiger charge is 2.04. The van der Waals surface area contributed by atoms with Gasteiger partial charge >= 0.3 is 12.0 Å². The van der Waals surface area contributed by atoms with Crippen molar-refractivity contribution in [2.45, 2.75) is 19.6 Å². The summed E-state index contributed by atoms with van der Waals surface area (Å²) in [5.41, 5.74) is 1.79. The second kappa shape index (κ2) is 9.28. The molecule has 2 N–H and O–H groups in total. The Morgan fingerprint density at radius 3 is 2.76 bits per heavy atom. The average Bonchev–Trinajstić information content (AvgIpc) is 2.45. The van der Waals surface area contributed by atoms with E-state index < -0.39 is 0 Å². The highest BCUT2D eigenvalue weighted by Crippen LogP contribution is 2.16. The number of urea groups is 1. The third kappa shape index (κ3) is 7.60. The van der Waals surface area contributed by atoms with Crippen molar-refractivity contribution in [2.24, 2.45) is 5.92 Å². The Kier molecular flexibility index (Phi) is 7.68. The van der Waals surface area contributed by atoms with Crippen LogP contribution in [0, 0.1) is 5.92 Å². The zero-order valence-electron chi connectivity index (χ0n) is 12.6.